The van der Waals surface area contributed by atoms with Crippen LogP contribution in [0.5, 0.6) is 0 Å². The number of aliphatic hydroxyl groups is 3. The van der Waals surface area contributed by atoms with Gasteiger partial charge in [0.1, 0.15) is 6.54 Å². The minimum Gasteiger partial charge on any atom is -0.364 e. The SMILES string of the molecule is CCCCCCCCCCCC[N+](C)(CC(O)O)C(O)CC. The predicted molar refractivity (Wildman–Crippen MR) is 92.3 cm³/mol. The molecule has 0 fully saturated rings. The molecule has 0 bridgehead atoms. The first-order valence-electron chi connectivity index (χ1n) is 9.34. The van der Waals surface area contributed by atoms with E-state index in [1.807, 2.05) is 14.0 Å². The number of hydrogen-bond acceptors (Lipinski definition) is 3. The lowest BCUT2D eigenvalue weighted by molar-refractivity contribution is -0.959. The summed E-state index contributed by atoms with van der Waals surface area (Å²) < 4.78 is 0.338. The number of hydrogen-bond donors (Lipinski definition) is 3. The van der Waals surface area contributed by atoms with Gasteiger partial charge < -0.3 is 15.3 Å². The van der Waals surface area contributed by atoms with Crippen LogP contribution in [0.25, 0.3) is 0 Å². The summed E-state index contributed by atoms with van der Waals surface area (Å²) in [4.78, 5) is 0. The van der Waals surface area contributed by atoms with Gasteiger partial charge in [-0.3, -0.25) is 4.48 Å². The molecule has 0 heterocycles. The number of aliphatic hydroxyl groups excluding tert-OH is 2. The molecule has 0 aliphatic rings. The van der Waals surface area contributed by atoms with Crippen molar-refractivity contribution in [2.24, 2.45) is 0 Å². The van der Waals surface area contributed by atoms with E-state index in [0.29, 0.717) is 10.9 Å². The van der Waals surface area contributed by atoms with Gasteiger partial charge in [-0.2, -0.15) is 0 Å². The second-order valence-electron chi connectivity index (χ2n) is 6.94. The molecule has 0 rings (SSSR count). The molecule has 0 amide bonds. The van der Waals surface area contributed by atoms with Crippen LogP contribution in [0.3, 0.4) is 0 Å². The zero-order valence-electron chi connectivity index (χ0n) is 15.1. The summed E-state index contributed by atoms with van der Waals surface area (Å²) >= 11 is 0. The first kappa shape index (κ1) is 21.8. The number of likely N-dealkylation sites (N-methyl/N-ethyl adjacent to an activating group) is 1. The lowest BCUT2D eigenvalue weighted by Gasteiger charge is -2.38. The molecule has 4 nitrogen and oxygen atoms in total. The smallest absolute Gasteiger partial charge is 0.202 e. The normalized spacial score (nSPS) is 16.0. The zero-order chi connectivity index (χ0) is 16.8. The van der Waals surface area contributed by atoms with Crippen LogP contribution in [0.15, 0.2) is 0 Å². The second-order valence-corrected chi connectivity index (χ2v) is 6.94. The van der Waals surface area contributed by atoms with E-state index in [0.717, 1.165) is 13.0 Å². The van der Waals surface area contributed by atoms with E-state index in [9.17, 15) is 15.3 Å². The molecule has 0 aromatic carbocycles. The molecule has 2 atom stereocenters. The quantitative estimate of drug-likeness (QED) is 0.246. The van der Waals surface area contributed by atoms with Crippen molar-refractivity contribution in [3.63, 3.8) is 0 Å². The number of quaternary nitrogens is 1. The van der Waals surface area contributed by atoms with Gasteiger partial charge >= 0.3 is 0 Å². The Labute approximate surface area is 137 Å². The highest BCUT2D eigenvalue weighted by molar-refractivity contribution is 4.50. The van der Waals surface area contributed by atoms with Gasteiger partial charge in [0.05, 0.1) is 13.6 Å². The topological polar surface area (TPSA) is 60.7 Å². The van der Waals surface area contributed by atoms with Crippen LogP contribution in [-0.4, -0.2) is 52.5 Å². The van der Waals surface area contributed by atoms with Crippen molar-refractivity contribution in [1.82, 2.24) is 0 Å². The molecule has 0 spiro atoms. The molecule has 4 heteroatoms. The first-order valence-corrected chi connectivity index (χ1v) is 9.34. The predicted octanol–water partition coefficient (Wildman–Crippen LogP) is 3.39. The van der Waals surface area contributed by atoms with Gasteiger partial charge in [-0.05, 0) is 12.8 Å². The summed E-state index contributed by atoms with van der Waals surface area (Å²) in [6.07, 6.45) is 11.7. The minimum atomic E-state index is -1.35. The van der Waals surface area contributed by atoms with Crippen molar-refractivity contribution in [3.8, 4) is 0 Å². The van der Waals surface area contributed by atoms with Gasteiger partial charge in [0.15, 0.2) is 6.23 Å². The lowest BCUT2D eigenvalue weighted by atomic mass is 10.1. The van der Waals surface area contributed by atoms with Crippen LogP contribution in [0, 0.1) is 0 Å². The molecular formula is C18H40NO3+. The summed E-state index contributed by atoms with van der Waals surface area (Å²) in [6, 6.07) is 0. The van der Waals surface area contributed by atoms with E-state index >= 15 is 0 Å². The lowest BCUT2D eigenvalue weighted by Crippen LogP contribution is -2.56. The van der Waals surface area contributed by atoms with Gasteiger partial charge in [-0.1, -0.05) is 65.2 Å². The first-order chi connectivity index (χ1) is 10.5. The van der Waals surface area contributed by atoms with Gasteiger partial charge in [0.25, 0.3) is 0 Å². The maximum absolute atomic E-state index is 10.1. The van der Waals surface area contributed by atoms with E-state index in [1.165, 1.54) is 57.8 Å². The van der Waals surface area contributed by atoms with Crippen molar-refractivity contribution in [3.05, 3.63) is 0 Å². The Kier molecular flexibility index (Phi) is 13.2. The summed E-state index contributed by atoms with van der Waals surface area (Å²) in [5.41, 5.74) is 0. The van der Waals surface area contributed by atoms with Crippen LogP contribution in [0.2, 0.25) is 0 Å². The third-order valence-corrected chi connectivity index (χ3v) is 4.69. The minimum absolute atomic E-state index is 0.201. The van der Waals surface area contributed by atoms with Crippen molar-refractivity contribution < 1.29 is 19.8 Å². The van der Waals surface area contributed by atoms with E-state index in [1.54, 1.807) is 0 Å². The number of nitrogens with zero attached hydrogens (tertiary/aromatic N) is 1. The van der Waals surface area contributed by atoms with Crippen LogP contribution < -0.4 is 0 Å². The average molecular weight is 319 g/mol. The fourth-order valence-corrected chi connectivity index (χ4v) is 3.14. The Morgan fingerprint density at radius 2 is 1.18 bits per heavy atom. The molecule has 2 unspecified atom stereocenters. The molecule has 0 saturated carbocycles. The fourth-order valence-electron chi connectivity index (χ4n) is 3.14. The summed E-state index contributed by atoms with van der Waals surface area (Å²) in [6.45, 7) is 5.19. The Morgan fingerprint density at radius 1 is 0.727 bits per heavy atom. The van der Waals surface area contributed by atoms with Gasteiger partial charge in [-0.25, -0.2) is 0 Å². The highest BCUT2D eigenvalue weighted by atomic mass is 16.5. The van der Waals surface area contributed by atoms with Gasteiger partial charge in [0.2, 0.25) is 6.29 Å². The fraction of sp³-hybridized carbons (Fsp3) is 1.00. The Bertz CT molecular complexity index is 248. The Morgan fingerprint density at radius 3 is 1.59 bits per heavy atom. The van der Waals surface area contributed by atoms with Gasteiger partial charge in [0, 0.05) is 6.42 Å². The van der Waals surface area contributed by atoms with E-state index in [2.05, 4.69) is 6.92 Å². The molecule has 22 heavy (non-hydrogen) atoms. The highest BCUT2D eigenvalue weighted by Crippen LogP contribution is 2.16. The molecule has 0 aromatic rings. The Hall–Kier alpha value is -0.160. The number of unbranched alkanes of at least 4 members (excludes halogenated alkanes) is 9. The average Bonchev–Trinajstić information content (AvgIpc) is 2.47. The zero-order valence-corrected chi connectivity index (χ0v) is 15.1. The summed E-state index contributed by atoms with van der Waals surface area (Å²) in [5, 5.41) is 28.6. The molecular weight excluding hydrogens is 278 g/mol. The van der Waals surface area contributed by atoms with Crippen LogP contribution in [-0.2, 0) is 0 Å². The molecule has 134 valence electrons. The monoisotopic (exact) mass is 318 g/mol. The van der Waals surface area contributed by atoms with Crippen molar-refractivity contribution in [1.29, 1.82) is 0 Å². The summed E-state index contributed by atoms with van der Waals surface area (Å²) in [7, 11) is 1.92. The van der Waals surface area contributed by atoms with Crippen LogP contribution in [0.1, 0.15) is 84.5 Å². The van der Waals surface area contributed by atoms with Crippen molar-refractivity contribution in [2.45, 2.75) is 97.0 Å². The third kappa shape index (κ3) is 10.5. The molecule has 0 radical (unpaired) electrons. The van der Waals surface area contributed by atoms with E-state index in [4.69, 9.17) is 0 Å². The molecule has 0 aliphatic heterocycles. The number of rotatable bonds is 15. The highest BCUT2D eigenvalue weighted by Gasteiger charge is 2.31. The standard InChI is InChI=1S/C18H40NO3/c1-4-6-7-8-9-10-11-12-13-14-15-19(3,16-18(21)22)17(20)5-2/h17-18,20-22H,4-16H2,1-3H3/q+1. The largest absolute Gasteiger partial charge is 0.364 e. The van der Waals surface area contributed by atoms with Crippen molar-refractivity contribution >= 4 is 0 Å². The molecule has 0 aromatic heterocycles. The summed E-state index contributed by atoms with van der Waals surface area (Å²) in [5.74, 6) is 0. The maximum atomic E-state index is 10.1. The van der Waals surface area contributed by atoms with E-state index < -0.39 is 12.5 Å². The van der Waals surface area contributed by atoms with Gasteiger partial charge in [-0.15, -0.1) is 0 Å². The molecule has 0 aliphatic carbocycles. The van der Waals surface area contributed by atoms with Crippen molar-refractivity contribution in [2.75, 3.05) is 20.1 Å². The Balaban J connectivity index is 3.72. The molecule has 3 N–H and O–H groups in total. The molecule has 0 saturated heterocycles. The maximum Gasteiger partial charge on any atom is 0.202 e. The van der Waals surface area contributed by atoms with Crippen LogP contribution in [0.4, 0.5) is 0 Å². The third-order valence-electron chi connectivity index (χ3n) is 4.69. The van der Waals surface area contributed by atoms with E-state index in [-0.39, 0.29) is 6.54 Å². The second kappa shape index (κ2) is 13.3. The van der Waals surface area contributed by atoms with Crippen LogP contribution >= 0.6 is 0 Å².